The Balaban J connectivity index is 1.75. The van der Waals surface area contributed by atoms with Crippen LogP contribution in [0.5, 0.6) is 0 Å². The minimum Gasteiger partial charge on any atom is -0.211 e. The van der Waals surface area contributed by atoms with E-state index in [-0.39, 0.29) is 5.92 Å². The van der Waals surface area contributed by atoms with E-state index >= 15 is 0 Å². The molecule has 0 radical (unpaired) electrons. The maximum absolute atomic E-state index is 12.6. The van der Waals surface area contributed by atoms with Gasteiger partial charge in [0.05, 0.1) is 4.90 Å². The summed E-state index contributed by atoms with van der Waals surface area (Å²) in [5.41, 5.74) is 4.44. The van der Waals surface area contributed by atoms with Crippen LogP contribution in [0.1, 0.15) is 34.6 Å². The van der Waals surface area contributed by atoms with Gasteiger partial charge in [0.1, 0.15) is 0 Å². The second kappa shape index (κ2) is 8.51. The van der Waals surface area contributed by atoms with Gasteiger partial charge >= 0.3 is 0 Å². The van der Waals surface area contributed by atoms with Gasteiger partial charge in [-0.1, -0.05) is 66.7 Å². The number of nitrogens with one attached hydrogen (secondary N) is 1. The number of benzene rings is 3. The van der Waals surface area contributed by atoms with Gasteiger partial charge in [-0.2, -0.15) is 0 Å². The second-order valence-corrected chi connectivity index (χ2v) is 8.57. The highest BCUT2D eigenvalue weighted by atomic mass is 32.2. The Hall–Kier alpha value is -2.43. The quantitative estimate of drug-likeness (QED) is 0.641. The number of hydrogen-bond donors (Lipinski definition) is 1. The summed E-state index contributed by atoms with van der Waals surface area (Å²) >= 11 is 0. The fraction of sp³-hybridized carbons (Fsp3) is 0.217. The Kier molecular flexibility index (Phi) is 6.09. The maximum Gasteiger partial charge on any atom is 0.240 e. The van der Waals surface area contributed by atoms with Crippen molar-refractivity contribution in [2.45, 2.75) is 31.1 Å². The van der Waals surface area contributed by atoms with E-state index < -0.39 is 10.0 Å². The van der Waals surface area contributed by atoms with Crippen LogP contribution in [0.2, 0.25) is 0 Å². The third kappa shape index (κ3) is 4.85. The molecule has 3 nitrogen and oxygen atoms in total. The van der Waals surface area contributed by atoms with Crippen molar-refractivity contribution in [2.75, 3.05) is 6.54 Å². The predicted molar refractivity (Wildman–Crippen MR) is 110 cm³/mol. The van der Waals surface area contributed by atoms with Crippen molar-refractivity contribution in [3.63, 3.8) is 0 Å². The molecule has 0 unspecified atom stereocenters. The number of hydrogen-bond acceptors (Lipinski definition) is 2. The lowest BCUT2D eigenvalue weighted by Crippen LogP contribution is -2.26. The molecular formula is C23H25NO2S. The maximum atomic E-state index is 12.6. The Bertz CT molecular complexity index is 944. The number of rotatable bonds is 7. The minimum absolute atomic E-state index is 0.148. The molecule has 0 aliphatic rings. The van der Waals surface area contributed by atoms with Crippen LogP contribution < -0.4 is 4.72 Å². The highest BCUT2D eigenvalue weighted by Crippen LogP contribution is 2.27. The zero-order chi connectivity index (χ0) is 19.3. The molecule has 3 rings (SSSR count). The van der Waals surface area contributed by atoms with Crippen molar-refractivity contribution in [1.29, 1.82) is 0 Å². The lowest BCUT2D eigenvalue weighted by atomic mass is 9.89. The number of aryl methyl sites for hydroxylation is 2. The zero-order valence-corrected chi connectivity index (χ0v) is 16.5. The fourth-order valence-corrected chi connectivity index (χ4v) is 4.33. The first-order chi connectivity index (χ1) is 13.0. The SMILES string of the molecule is Cc1ccc(S(=O)(=O)NCCC(c2ccccc2)c2ccccc2)cc1C. The Morgan fingerprint density at radius 1 is 0.778 bits per heavy atom. The molecule has 3 aromatic rings. The average molecular weight is 380 g/mol. The monoisotopic (exact) mass is 379 g/mol. The van der Waals surface area contributed by atoms with Crippen molar-refractivity contribution in [3.8, 4) is 0 Å². The van der Waals surface area contributed by atoms with E-state index in [0.29, 0.717) is 17.9 Å². The predicted octanol–water partition coefficient (Wildman–Crippen LogP) is 4.80. The third-order valence-corrected chi connectivity index (χ3v) is 6.38. The first-order valence-electron chi connectivity index (χ1n) is 9.14. The summed E-state index contributed by atoms with van der Waals surface area (Å²) in [5, 5.41) is 0. The Labute approximate surface area is 162 Å². The summed E-state index contributed by atoms with van der Waals surface area (Å²) in [4.78, 5) is 0.321. The van der Waals surface area contributed by atoms with E-state index in [1.165, 1.54) is 11.1 Å². The molecule has 0 atom stereocenters. The van der Waals surface area contributed by atoms with Gasteiger partial charge in [-0.25, -0.2) is 13.1 Å². The van der Waals surface area contributed by atoms with E-state index in [1.54, 1.807) is 12.1 Å². The van der Waals surface area contributed by atoms with E-state index in [9.17, 15) is 8.42 Å². The van der Waals surface area contributed by atoms with Crippen LogP contribution in [0.3, 0.4) is 0 Å². The lowest BCUT2D eigenvalue weighted by molar-refractivity contribution is 0.575. The standard InChI is InChI=1S/C23H25NO2S/c1-18-13-14-22(17-19(18)2)27(25,26)24-16-15-23(20-9-5-3-6-10-20)21-11-7-4-8-12-21/h3-14,17,23-24H,15-16H2,1-2H3. The molecule has 140 valence electrons. The summed E-state index contributed by atoms with van der Waals surface area (Å²) in [7, 11) is -3.51. The molecule has 0 aliphatic carbocycles. The largest absolute Gasteiger partial charge is 0.240 e. The van der Waals surface area contributed by atoms with Gasteiger partial charge < -0.3 is 0 Å². The molecule has 0 spiro atoms. The van der Waals surface area contributed by atoms with Crippen LogP contribution in [0.4, 0.5) is 0 Å². The highest BCUT2D eigenvalue weighted by Gasteiger charge is 2.17. The molecule has 0 fully saturated rings. The van der Waals surface area contributed by atoms with Crippen LogP contribution in [0, 0.1) is 13.8 Å². The third-order valence-electron chi connectivity index (χ3n) is 4.92. The summed E-state index contributed by atoms with van der Waals surface area (Å²) in [6.07, 6.45) is 0.693. The van der Waals surface area contributed by atoms with E-state index in [1.807, 2.05) is 56.3 Å². The van der Waals surface area contributed by atoms with Crippen molar-refractivity contribution >= 4 is 10.0 Å². The average Bonchev–Trinajstić information content (AvgIpc) is 2.68. The van der Waals surface area contributed by atoms with Crippen LogP contribution in [-0.2, 0) is 10.0 Å². The second-order valence-electron chi connectivity index (χ2n) is 6.81. The number of sulfonamides is 1. The molecular weight excluding hydrogens is 354 g/mol. The van der Waals surface area contributed by atoms with E-state index in [0.717, 1.165) is 11.1 Å². The van der Waals surface area contributed by atoms with Crippen molar-refractivity contribution in [2.24, 2.45) is 0 Å². The van der Waals surface area contributed by atoms with Crippen molar-refractivity contribution in [3.05, 3.63) is 101 Å². The van der Waals surface area contributed by atoms with Gasteiger partial charge in [0.25, 0.3) is 0 Å². The van der Waals surface area contributed by atoms with Gasteiger partial charge in [0.15, 0.2) is 0 Å². The molecule has 0 amide bonds. The zero-order valence-electron chi connectivity index (χ0n) is 15.7. The van der Waals surface area contributed by atoms with Crippen molar-refractivity contribution in [1.82, 2.24) is 4.72 Å². The van der Waals surface area contributed by atoms with Gasteiger partial charge in [-0.3, -0.25) is 0 Å². The first-order valence-corrected chi connectivity index (χ1v) is 10.6. The molecule has 0 bridgehead atoms. The fourth-order valence-electron chi connectivity index (χ4n) is 3.20. The molecule has 1 N–H and O–H groups in total. The lowest BCUT2D eigenvalue weighted by Gasteiger charge is -2.18. The summed E-state index contributed by atoms with van der Waals surface area (Å²) in [6, 6.07) is 25.7. The van der Waals surface area contributed by atoms with Crippen LogP contribution in [0.15, 0.2) is 83.8 Å². The molecule has 3 aromatic carbocycles. The van der Waals surface area contributed by atoms with Gasteiger partial charge in [0, 0.05) is 12.5 Å². The Morgan fingerprint density at radius 2 is 1.33 bits per heavy atom. The first kappa shape index (κ1) is 19.3. The highest BCUT2D eigenvalue weighted by molar-refractivity contribution is 7.89. The van der Waals surface area contributed by atoms with Gasteiger partial charge in [0.2, 0.25) is 10.0 Å². The van der Waals surface area contributed by atoms with Crippen LogP contribution in [-0.4, -0.2) is 15.0 Å². The summed E-state index contributed by atoms with van der Waals surface area (Å²) in [6.45, 7) is 4.28. The van der Waals surface area contributed by atoms with Gasteiger partial charge in [-0.15, -0.1) is 0 Å². The Morgan fingerprint density at radius 3 is 1.85 bits per heavy atom. The molecule has 0 heterocycles. The minimum atomic E-state index is -3.51. The summed E-state index contributed by atoms with van der Waals surface area (Å²) in [5.74, 6) is 0.148. The molecule has 4 heteroatoms. The molecule has 0 saturated carbocycles. The van der Waals surface area contributed by atoms with Crippen LogP contribution in [0.25, 0.3) is 0 Å². The molecule has 0 aliphatic heterocycles. The topological polar surface area (TPSA) is 46.2 Å². The normalized spacial score (nSPS) is 11.7. The van der Waals surface area contributed by atoms with Crippen molar-refractivity contribution < 1.29 is 8.42 Å². The summed E-state index contributed by atoms with van der Waals surface area (Å²) < 4.78 is 28.0. The molecule has 27 heavy (non-hydrogen) atoms. The van der Waals surface area contributed by atoms with E-state index in [4.69, 9.17) is 0 Å². The van der Waals surface area contributed by atoms with E-state index in [2.05, 4.69) is 29.0 Å². The van der Waals surface area contributed by atoms with Crippen LogP contribution >= 0.6 is 0 Å². The molecule has 0 aromatic heterocycles. The van der Waals surface area contributed by atoms with Gasteiger partial charge in [-0.05, 0) is 54.7 Å². The molecule has 0 saturated heterocycles. The smallest absolute Gasteiger partial charge is 0.211 e.